The number of thiazole rings is 1. The summed E-state index contributed by atoms with van der Waals surface area (Å²) in [5, 5.41) is 12.8. The first kappa shape index (κ1) is 19.3. The molecule has 0 radical (unpaired) electrons. The van der Waals surface area contributed by atoms with Crippen molar-refractivity contribution in [3.8, 4) is 16.4 Å². The zero-order valence-corrected chi connectivity index (χ0v) is 17.5. The molecular weight excluding hydrogens is 406 g/mol. The highest BCUT2D eigenvalue weighted by molar-refractivity contribution is 7.17. The highest BCUT2D eigenvalue weighted by atomic mass is 35.5. The minimum atomic E-state index is -0.158. The molecular formula is C21H18ClN5OS. The van der Waals surface area contributed by atoms with Crippen LogP contribution in [0.3, 0.4) is 0 Å². The van der Waals surface area contributed by atoms with E-state index < -0.39 is 0 Å². The molecule has 6 nitrogen and oxygen atoms in total. The summed E-state index contributed by atoms with van der Waals surface area (Å²) in [6, 6.07) is 17.2. The van der Waals surface area contributed by atoms with E-state index in [-0.39, 0.29) is 5.91 Å². The predicted octanol–water partition coefficient (Wildman–Crippen LogP) is 4.59. The molecule has 0 saturated carbocycles. The van der Waals surface area contributed by atoms with Gasteiger partial charge in [-0.2, -0.15) is 0 Å². The highest BCUT2D eigenvalue weighted by Gasteiger charge is 2.20. The van der Waals surface area contributed by atoms with Crippen LogP contribution in [0.2, 0.25) is 5.02 Å². The van der Waals surface area contributed by atoms with Crippen molar-refractivity contribution in [2.24, 2.45) is 0 Å². The number of rotatable bonds is 5. The first-order valence-corrected chi connectivity index (χ1v) is 10.2. The second-order valence-electron chi connectivity index (χ2n) is 6.51. The van der Waals surface area contributed by atoms with Gasteiger partial charge < -0.3 is 5.32 Å². The van der Waals surface area contributed by atoms with E-state index in [1.54, 1.807) is 16.8 Å². The Hall–Kier alpha value is -3.03. The summed E-state index contributed by atoms with van der Waals surface area (Å²) in [5.41, 5.74) is 4.13. The molecule has 4 aromatic rings. The van der Waals surface area contributed by atoms with Crippen molar-refractivity contribution in [1.29, 1.82) is 0 Å². The first-order valence-electron chi connectivity index (χ1n) is 9.01. The Morgan fingerprint density at radius 1 is 1.10 bits per heavy atom. The third-order valence-electron chi connectivity index (χ3n) is 4.47. The molecule has 4 rings (SSSR count). The monoisotopic (exact) mass is 423 g/mol. The average Bonchev–Trinajstić information content (AvgIpc) is 3.30. The summed E-state index contributed by atoms with van der Waals surface area (Å²) < 4.78 is 1.77. The van der Waals surface area contributed by atoms with Gasteiger partial charge >= 0.3 is 0 Å². The van der Waals surface area contributed by atoms with Crippen LogP contribution in [0.15, 0.2) is 54.6 Å². The van der Waals surface area contributed by atoms with Crippen molar-refractivity contribution >= 4 is 28.8 Å². The van der Waals surface area contributed by atoms with Crippen molar-refractivity contribution in [3.63, 3.8) is 0 Å². The molecule has 2 aromatic heterocycles. The maximum absolute atomic E-state index is 12.7. The molecule has 0 aliphatic heterocycles. The molecule has 0 unspecified atom stereocenters. The third kappa shape index (κ3) is 4.06. The lowest BCUT2D eigenvalue weighted by atomic mass is 10.2. The Balaban J connectivity index is 1.54. The Labute approximate surface area is 177 Å². The van der Waals surface area contributed by atoms with Crippen LogP contribution in [0.25, 0.3) is 16.4 Å². The molecule has 0 aliphatic carbocycles. The van der Waals surface area contributed by atoms with Gasteiger partial charge in [0.05, 0.1) is 17.1 Å². The van der Waals surface area contributed by atoms with E-state index in [0.29, 0.717) is 32.8 Å². The van der Waals surface area contributed by atoms with Crippen molar-refractivity contribution in [1.82, 2.24) is 25.3 Å². The number of aromatic nitrogens is 4. The summed E-state index contributed by atoms with van der Waals surface area (Å²) in [4.78, 5) is 17.8. The second-order valence-corrected chi connectivity index (χ2v) is 7.95. The van der Waals surface area contributed by atoms with E-state index in [4.69, 9.17) is 11.6 Å². The van der Waals surface area contributed by atoms with E-state index in [2.05, 4.69) is 20.6 Å². The summed E-state index contributed by atoms with van der Waals surface area (Å²) in [5.74, 6) is -0.158. The number of hydrogen-bond donors (Lipinski definition) is 1. The summed E-state index contributed by atoms with van der Waals surface area (Å²) in [6.07, 6.45) is 0. The van der Waals surface area contributed by atoms with Crippen LogP contribution in [0.4, 0.5) is 0 Å². The minimum Gasteiger partial charge on any atom is -0.347 e. The fourth-order valence-electron chi connectivity index (χ4n) is 2.91. The van der Waals surface area contributed by atoms with Gasteiger partial charge in [-0.3, -0.25) is 4.79 Å². The molecule has 8 heteroatoms. The van der Waals surface area contributed by atoms with Crippen molar-refractivity contribution < 1.29 is 4.79 Å². The smallest absolute Gasteiger partial charge is 0.263 e. The lowest BCUT2D eigenvalue weighted by Crippen LogP contribution is -2.22. The van der Waals surface area contributed by atoms with E-state index >= 15 is 0 Å². The number of para-hydroxylation sites is 1. The predicted molar refractivity (Wildman–Crippen MR) is 115 cm³/mol. The molecule has 0 saturated heterocycles. The van der Waals surface area contributed by atoms with Gasteiger partial charge in [0.2, 0.25) is 0 Å². The van der Waals surface area contributed by atoms with Crippen LogP contribution < -0.4 is 5.32 Å². The molecule has 1 N–H and O–H groups in total. The average molecular weight is 424 g/mol. The molecule has 146 valence electrons. The third-order valence-corrected chi connectivity index (χ3v) is 5.88. The summed E-state index contributed by atoms with van der Waals surface area (Å²) in [7, 11) is 0. The topological polar surface area (TPSA) is 72.7 Å². The lowest BCUT2D eigenvalue weighted by Gasteiger charge is -2.04. The maximum atomic E-state index is 12.7. The van der Waals surface area contributed by atoms with Crippen molar-refractivity contribution in [2.75, 3.05) is 0 Å². The van der Waals surface area contributed by atoms with Gasteiger partial charge in [-0.05, 0) is 43.7 Å². The van der Waals surface area contributed by atoms with Crippen LogP contribution in [-0.4, -0.2) is 25.9 Å². The quantitative estimate of drug-likeness (QED) is 0.509. The molecule has 0 atom stereocenters. The normalized spacial score (nSPS) is 10.9. The summed E-state index contributed by atoms with van der Waals surface area (Å²) in [6.45, 7) is 4.19. The first-order chi connectivity index (χ1) is 14.0. The molecule has 2 heterocycles. The number of nitrogens with zero attached hydrogens (tertiary/aromatic N) is 4. The number of hydrogen-bond acceptors (Lipinski definition) is 5. The number of carbonyl (C=O) groups is 1. The van der Waals surface area contributed by atoms with Crippen LogP contribution in [0.1, 0.15) is 26.6 Å². The number of halogens is 1. The molecule has 29 heavy (non-hydrogen) atoms. The number of amides is 1. The number of aryl methyl sites for hydroxylation is 1. The van der Waals surface area contributed by atoms with Crippen molar-refractivity contribution in [2.45, 2.75) is 20.4 Å². The fraction of sp³-hybridized carbons (Fsp3) is 0.143. The van der Waals surface area contributed by atoms with E-state index in [1.165, 1.54) is 11.3 Å². The number of benzene rings is 2. The Bertz CT molecular complexity index is 1150. The van der Waals surface area contributed by atoms with Gasteiger partial charge in [-0.15, -0.1) is 16.4 Å². The van der Waals surface area contributed by atoms with Gasteiger partial charge in [-0.1, -0.05) is 47.1 Å². The lowest BCUT2D eigenvalue weighted by molar-refractivity contribution is 0.0954. The zero-order chi connectivity index (χ0) is 20.4. The van der Waals surface area contributed by atoms with Gasteiger partial charge in [0.25, 0.3) is 5.91 Å². The van der Waals surface area contributed by atoms with Crippen molar-refractivity contribution in [3.05, 3.63) is 81.4 Å². The number of nitrogens with one attached hydrogen (secondary N) is 1. The maximum Gasteiger partial charge on any atom is 0.263 e. The van der Waals surface area contributed by atoms with Gasteiger partial charge in [-0.25, -0.2) is 9.67 Å². The zero-order valence-electron chi connectivity index (χ0n) is 15.9. The largest absolute Gasteiger partial charge is 0.347 e. The molecule has 1 amide bonds. The van der Waals surface area contributed by atoms with Crippen LogP contribution in [0, 0.1) is 13.8 Å². The second kappa shape index (κ2) is 8.14. The van der Waals surface area contributed by atoms with E-state index in [9.17, 15) is 4.79 Å². The molecule has 0 aliphatic rings. The summed E-state index contributed by atoms with van der Waals surface area (Å²) >= 11 is 7.22. The number of carbonyl (C=O) groups excluding carboxylic acids is 1. The SMILES string of the molecule is Cc1nc(-c2nnn(-c3ccccc3)c2C)sc1C(=O)NCc1ccc(Cl)cc1. The Morgan fingerprint density at radius 2 is 1.83 bits per heavy atom. The molecule has 0 bridgehead atoms. The Morgan fingerprint density at radius 3 is 2.55 bits per heavy atom. The van der Waals surface area contributed by atoms with Crippen LogP contribution in [-0.2, 0) is 6.54 Å². The van der Waals surface area contributed by atoms with Gasteiger partial charge in [0, 0.05) is 11.6 Å². The van der Waals surface area contributed by atoms with E-state index in [0.717, 1.165) is 16.9 Å². The molecule has 2 aromatic carbocycles. The standard InChI is InChI=1S/C21H18ClN5OS/c1-13-19(20(28)23-12-15-8-10-16(22)11-9-15)29-21(24-13)18-14(2)27(26-25-18)17-6-4-3-5-7-17/h3-11H,12H2,1-2H3,(H,23,28). The molecule has 0 spiro atoms. The fourth-order valence-corrected chi connectivity index (χ4v) is 4.06. The highest BCUT2D eigenvalue weighted by Crippen LogP contribution is 2.29. The van der Waals surface area contributed by atoms with E-state index in [1.807, 2.05) is 56.3 Å². The van der Waals surface area contributed by atoms with Crippen LogP contribution in [0.5, 0.6) is 0 Å². The van der Waals surface area contributed by atoms with Gasteiger partial charge in [0.15, 0.2) is 0 Å². The minimum absolute atomic E-state index is 0.158. The van der Waals surface area contributed by atoms with Crippen LogP contribution >= 0.6 is 22.9 Å². The Kier molecular flexibility index (Phi) is 5.42. The molecule has 0 fully saturated rings. The van der Waals surface area contributed by atoms with Gasteiger partial charge in [0.1, 0.15) is 15.6 Å².